The number of hydrogen-bond acceptors (Lipinski definition) is 4. The van der Waals surface area contributed by atoms with Crippen molar-refractivity contribution in [2.45, 2.75) is 18.2 Å². The Labute approximate surface area is 96.3 Å². The maximum atomic E-state index is 4.64. The smallest absolute Gasteiger partial charge is 0.128 e. The van der Waals surface area contributed by atoms with Crippen molar-refractivity contribution >= 4 is 18.4 Å². The van der Waals surface area contributed by atoms with E-state index in [0.29, 0.717) is 0 Å². The summed E-state index contributed by atoms with van der Waals surface area (Å²) in [4.78, 5) is 7.96. The van der Waals surface area contributed by atoms with Crippen LogP contribution in [0.15, 0.2) is 17.0 Å². The summed E-state index contributed by atoms with van der Waals surface area (Å²) in [6, 6.07) is 4.11. The van der Waals surface area contributed by atoms with Crippen LogP contribution >= 0.6 is 12.6 Å². The van der Waals surface area contributed by atoms with Gasteiger partial charge in [-0.25, -0.2) is 4.98 Å². The van der Waals surface area contributed by atoms with Crippen LogP contribution in [0.25, 0.3) is 0 Å². The Morgan fingerprint density at radius 1 is 1.40 bits per heavy atom. The molecule has 15 heavy (non-hydrogen) atoms. The molecule has 0 amide bonds. The molecular formula is C11H17N3S. The summed E-state index contributed by atoms with van der Waals surface area (Å²) in [5.74, 6) is 1.09. The van der Waals surface area contributed by atoms with Gasteiger partial charge in [0.2, 0.25) is 0 Å². The highest BCUT2D eigenvalue weighted by molar-refractivity contribution is 7.80. The van der Waals surface area contributed by atoms with Crippen molar-refractivity contribution in [1.82, 2.24) is 10.3 Å². The van der Waals surface area contributed by atoms with E-state index < -0.39 is 0 Å². The molecule has 2 rings (SSSR count). The number of aryl methyl sites for hydroxylation is 1. The number of nitrogens with zero attached hydrogens (tertiary/aromatic N) is 2. The van der Waals surface area contributed by atoms with E-state index in [0.717, 1.165) is 49.0 Å². The van der Waals surface area contributed by atoms with Crippen LogP contribution in [-0.2, 0) is 6.42 Å². The molecule has 2 heterocycles. The number of nitrogens with one attached hydrogen (secondary N) is 1. The summed E-state index contributed by atoms with van der Waals surface area (Å²) in [5.41, 5.74) is 1.09. The van der Waals surface area contributed by atoms with Crippen molar-refractivity contribution in [2.75, 3.05) is 31.1 Å². The van der Waals surface area contributed by atoms with Gasteiger partial charge in [0.1, 0.15) is 5.82 Å². The average molecular weight is 223 g/mol. The SMILES string of the molecule is CCc1nc(N2CCNCC2)ccc1S. The highest BCUT2D eigenvalue weighted by atomic mass is 32.1. The third-order valence-electron chi connectivity index (χ3n) is 2.71. The lowest BCUT2D eigenvalue weighted by molar-refractivity contribution is 0.584. The molecule has 1 N–H and O–H groups in total. The van der Waals surface area contributed by atoms with E-state index in [-0.39, 0.29) is 0 Å². The fraction of sp³-hybridized carbons (Fsp3) is 0.545. The first-order valence-electron chi connectivity index (χ1n) is 5.46. The lowest BCUT2D eigenvalue weighted by Crippen LogP contribution is -2.43. The summed E-state index contributed by atoms with van der Waals surface area (Å²) in [6.45, 7) is 6.30. The minimum Gasteiger partial charge on any atom is -0.354 e. The Balaban J connectivity index is 2.20. The van der Waals surface area contributed by atoms with Crippen molar-refractivity contribution in [3.8, 4) is 0 Å². The zero-order chi connectivity index (χ0) is 10.7. The first-order valence-corrected chi connectivity index (χ1v) is 5.90. The summed E-state index contributed by atoms with van der Waals surface area (Å²) in [6.07, 6.45) is 0.943. The molecule has 0 saturated carbocycles. The molecule has 0 aliphatic carbocycles. The molecule has 3 nitrogen and oxygen atoms in total. The third-order valence-corrected chi connectivity index (χ3v) is 3.12. The summed E-state index contributed by atoms with van der Waals surface area (Å²) in [7, 11) is 0. The molecule has 1 aliphatic heterocycles. The van der Waals surface area contributed by atoms with E-state index in [4.69, 9.17) is 0 Å². The van der Waals surface area contributed by atoms with Gasteiger partial charge in [-0.2, -0.15) is 0 Å². The van der Waals surface area contributed by atoms with Crippen LogP contribution < -0.4 is 10.2 Å². The quantitative estimate of drug-likeness (QED) is 0.741. The minimum absolute atomic E-state index is 0.943. The van der Waals surface area contributed by atoms with Crippen LogP contribution in [0.5, 0.6) is 0 Å². The molecule has 0 spiro atoms. The van der Waals surface area contributed by atoms with Crippen LogP contribution in [0.1, 0.15) is 12.6 Å². The van der Waals surface area contributed by atoms with Gasteiger partial charge >= 0.3 is 0 Å². The third kappa shape index (κ3) is 2.44. The van der Waals surface area contributed by atoms with Gasteiger partial charge in [0.05, 0.1) is 5.69 Å². The molecule has 0 bridgehead atoms. The van der Waals surface area contributed by atoms with Crippen LogP contribution in [0, 0.1) is 0 Å². The molecule has 1 aromatic rings. The van der Waals surface area contributed by atoms with Gasteiger partial charge in [0, 0.05) is 31.1 Å². The van der Waals surface area contributed by atoms with E-state index in [1.54, 1.807) is 0 Å². The van der Waals surface area contributed by atoms with Gasteiger partial charge in [0.15, 0.2) is 0 Å². The lowest BCUT2D eigenvalue weighted by Gasteiger charge is -2.28. The predicted octanol–water partition coefficient (Wildman–Crippen LogP) is 1.34. The van der Waals surface area contributed by atoms with Crippen LogP contribution in [-0.4, -0.2) is 31.2 Å². The normalized spacial score (nSPS) is 16.8. The van der Waals surface area contributed by atoms with E-state index in [2.05, 4.69) is 40.8 Å². The molecule has 4 heteroatoms. The van der Waals surface area contributed by atoms with Gasteiger partial charge in [-0.3, -0.25) is 0 Å². The fourth-order valence-electron chi connectivity index (χ4n) is 1.81. The monoisotopic (exact) mass is 223 g/mol. The maximum Gasteiger partial charge on any atom is 0.128 e. The topological polar surface area (TPSA) is 28.2 Å². The Bertz CT molecular complexity index is 335. The molecule has 82 valence electrons. The molecule has 0 aromatic carbocycles. The number of piperazine rings is 1. The van der Waals surface area contributed by atoms with Crippen molar-refractivity contribution < 1.29 is 0 Å². The van der Waals surface area contributed by atoms with Gasteiger partial charge in [0.25, 0.3) is 0 Å². The highest BCUT2D eigenvalue weighted by Gasteiger charge is 2.12. The zero-order valence-electron chi connectivity index (χ0n) is 9.03. The second kappa shape index (κ2) is 4.86. The average Bonchev–Trinajstić information content (AvgIpc) is 2.31. The molecule has 0 radical (unpaired) electrons. The second-order valence-corrected chi connectivity index (χ2v) is 4.21. The molecule has 1 aliphatic rings. The molecule has 1 fully saturated rings. The second-order valence-electron chi connectivity index (χ2n) is 3.73. The zero-order valence-corrected chi connectivity index (χ0v) is 9.93. The van der Waals surface area contributed by atoms with Crippen molar-refractivity contribution in [3.63, 3.8) is 0 Å². The predicted molar refractivity (Wildman–Crippen MR) is 65.9 cm³/mol. The molecule has 0 unspecified atom stereocenters. The van der Waals surface area contributed by atoms with Gasteiger partial charge in [-0.15, -0.1) is 12.6 Å². The first-order chi connectivity index (χ1) is 7.31. The molecule has 1 saturated heterocycles. The summed E-state index contributed by atoms with van der Waals surface area (Å²) < 4.78 is 0. The van der Waals surface area contributed by atoms with E-state index >= 15 is 0 Å². The number of aromatic nitrogens is 1. The fourth-order valence-corrected chi connectivity index (χ4v) is 2.10. The van der Waals surface area contributed by atoms with Gasteiger partial charge in [-0.1, -0.05) is 6.92 Å². The number of hydrogen-bond donors (Lipinski definition) is 2. The van der Waals surface area contributed by atoms with Crippen LogP contribution in [0.3, 0.4) is 0 Å². The number of rotatable bonds is 2. The molecule has 1 aromatic heterocycles. The van der Waals surface area contributed by atoms with Crippen LogP contribution in [0.4, 0.5) is 5.82 Å². The van der Waals surface area contributed by atoms with Crippen molar-refractivity contribution in [3.05, 3.63) is 17.8 Å². The number of pyridine rings is 1. The van der Waals surface area contributed by atoms with Crippen molar-refractivity contribution in [1.29, 1.82) is 0 Å². The van der Waals surface area contributed by atoms with Gasteiger partial charge in [-0.05, 0) is 18.6 Å². The van der Waals surface area contributed by atoms with E-state index in [1.807, 2.05) is 6.07 Å². The number of thiol groups is 1. The largest absolute Gasteiger partial charge is 0.354 e. The van der Waals surface area contributed by atoms with E-state index in [1.165, 1.54) is 0 Å². The highest BCUT2D eigenvalue weighted by Crippen LogP contribution is 2.18. The molecule has 0 atom stereocenters. The Kier molecular flexibility index (Phi) is 3.49. The minimum atomic E-state index is 0.943. The first kappa shape index (κ1) is 10.8. The summed E-state index contributed by atoms with van der Waals surface area (Å²) >= 11 is 4.40. The molecular weight excluding hydrogens is 206 g/mol. The van der Waals surface area contributed by atoms with Crippen LogP contribution in [0.2, 0.25) is 0 Å². The Hall–Kier alpha value is -0.740. The standard InChI is InChI=1S/C11H17N3S/c1-2-9-10(15)3-4-11(13-9)14-7-5-12-6-8-14/h3-4,12,15H,2,5-8H2,1H3. The Morgan fingerprint density at radius 2 is 2.13 bits per heavy atom. The number of anilines is 1. The lowest BCUT2D eigenvalue weighted by atomic mass is 10.2. The summed E-state index contributed by atoms with van der Waals surface area (Å²) in [5, 5.41) is 3.34. The van der Waals surface area contributed by atoms with Crippen molar-refractivity contribution in [2.24, 2.45) is 0 Å². The maximum absolute atomic E-state index is 4.64. The van der Waals surface area contributed by atoms with E-state index in [9.17, 15) is 0 Å². The van der Waals surface area contributed by atoms with Gasteiger partial charge < -0.3 is 10.2 Å². The Morgan fingerprint density at radius 3 is 2.80 bits per heavy atom.